The third-order valence-corrected chi connectivity index (χ3v) is 5.54. The Balaban J connectivity index is 1.52. The van der Waals surface area contributed by atoms with Crippen molar-refractivity contribution in [2.75, 3.05) is 26.2 Å². The van der Waals surface area contributed by atoms with E-state index in [-0.39, 0.29) is 5.91 Å². The molecule has 132 valence electrons. The van der Waals surface area contributed by atoms with Crippen molar-refractivity contribution in [2.45, 2.75) is 44.8 Å². The summed E-state index contributed by atoms with van der Waals surface area (Å²) in [5.41, 5.74) is 0. The Hall–Kier alpha value is -0.970. The fourth-order valence-corrected chi connectivity index (χ4v) is 4.10. The number of amides is 1. The number of carbonyl (C=O) groups is 1. The first kappa shape index (κ1) is 17.8. The van der Waals surface area contributed by atoms with Crippen LogP contribution < -0.4 is 4.74 Å². The Bertz CT molecular complexity index is 582. The number of benzene rings is 1. The molecule has 1 heterocycles. The first-order valence-electron chi connectivity index (χ1n) is 8.69. The van der Waals surface area contributed by atoms with Gasteiger partial charge in [-0.05, 0) is 38.0 Å². The molecular formula is C18H24Cl2N2O2. The highest BCUT2D eigenvalue weighted by atomic mass is 35.5. The molecule has 0 radical (unpaired) electrons. The third-order valence-electron chi connectivity index (χ3n) is 5.01. The molecule has 0 spiro atoms. The van der Waals surface area contributed by atoms with Crippen LogP contribution in [0, 0.1) is 0 Å². The standard InChI is InChI=1S/C18H24Cl2N2O2/c1-13(24-17-7-6-14(19)12-16(17)20)18(23)22-10-8-21(9-11-22)15-4-2-3-5-15/h6-7,12-13,15H,2-5,8-11H2,1H3. The van der Waals surface area contributed by atoms with Gasteiger partial charge in [-0.1, -0.05) is 36.0 Å². The Morgan fingerprint density at radius 3 is 2.46 bits per heavy atom. The molecular weight excluding hydrogens is 347 g/mol. The molecule has 1 saturated carbocycles. The van der Waals surface area contributed by atoms with Crippen molar-refractivity contribution in [2.24, 2.45) is 0 Å². The van der Waals surface area contributed by atoms with Gasteiger partial charge in [0.1, 0.15) is 5.75 Å². The van der Waals surface area contributed by atoms with E-state index >= 15 is 0 Å². The summed E-state index contributed by atoms with van der Waals surface area (Å²) < 4.78 is 5.75. The minimum atomic E-state index is -0.554. The van der Waals surface area contributed by atoms with E-state index in [1.165, 1.54) is 25.7 Å². The van der Waals surface area contributed by atoms with Crippen LogP contribution in [0.2, 0.25) is 10.0 Å². The predicted octanol–water partition coefficient (Wildman–Crippen LogP) is 3.85. The lowest BCUT2D eigenvalue weighted by Gasteiger charge is -2.38. The summed E-state index contributed by atoms with van der Waals surface area (Å²) in [6, 6.07) is 5.76. The second-order valence-electron chi connectivity index (χ2n) is 6.63. The monoisotopic (exact) mass is 370 g/mol. The van der Waals surface area contributed by atoms with E-state index in [0.29, 0.717) is 15.8 Å². The molecule has 0 N–H and O–H groups in total. The molecule has 6 heteroatoms. The highest BCUT2D eigenvalue weighted by molar-refractivity contribution is 6.35. The zero-order valence-corrected chi connectivity index (χ0v) is 15.5. The SMILES string of the molecule is CC(Oc1ccc(Cl)cc1Cl)C(=O)N1CCN(C2CCCC2)CC1. The summed E-state index contributed by atoms with van der Waals surface area (Å²) in [5.74, 6) is 0.513. The maximum absolute atomic E-state index is 12.6. The van der Waals surface area contributed by atoms with Crippen LogP contribution >= 0.6 is 23.2 Å². The van der Waals surface area contributed by atoms with E-state index in [0.717, 1.165) is 32.2 Å². The van der Waals surface area contributed by atoms with Gasteiger partial charge in [-0.15, -0.1) is 0 Å². The Morgan fingerprint density at radius 2 is 1.83 bits per heavy atom. The van der Waals surface area contributed by atoms with Crippen molar-refractivity contribution in [3.63, 3.8) is 0 Å². The van der Waals surface area contributed by atoms with Crippen LogP contribution in [0.3, 0.4) is 0 Å². The van der Waals surface area contributed by atoms with Crippen LogP contribution in [-0.4, -0.2) is 54.0 Å². The van der Waals surface area contributed by atoms with Crippen LogP contribution in [0.5, 0.6) is 5.75 Å². The molecule has 1 unspecified atom stereocenters. The number of halogens is 2. The lowest BCUT2D eigenvalue weighted by molar-refractivity contribution is -0.140. The van der Waals surface area contributed by atoms with Gasteiger partial charge in [0.25, 0.3) is 5.91 Å². The molecule has 1 aromatic carbocycles. The highest BCUT2D eigenvalue weighted by Crippen LogP contribution is 2.29. The average molecular weight is 371 g/mol. The van der Waals surface area contributed by atoms with Gasteiger partial charge in [-0.2, -0.15) is 0 Å². The first-order chi connectivity index (χ1) is 11.5. The van der Waals surface area contributed by atoms with Gasteiger partial charge in [0.2, 0.25) is 0 Å². The van der Waals surface area contributed by atoms with Gasteiger partial charge in [0.05, 0.1) is 5.02 Å². The molecule has 1 aliphatic heterocycles. The van der Waals surface area contributed by atoms with Gasteiger partial charge in [-0.25, -0.2) is 0 Å². The molecule has 0 aromatic heterocycles. The Kier molecular flexibility index (Phi) is 5.90. The summed E-state index contributed by atoms with van der Waals surface area (Å²) in [7, 11) is 0. The van der Waals surface area contributed by atoms with E-state index in [4.69, 9.17) is 27.9 Å². The fraction of sp³-hybridized carbons (Fsp3) is 0.611. The Morgan fingerprint density at radius 1 is 1.17 bits per heavy atom. The quantitative estimate of drug-likeness (QED) is 0.806. The molecule has 2 fully saturated rings. The van der Waals surface area contributed by atoms with E-state index < -0.39 is 6.10 Å². The average Bonchev–Trinajstić information content (AvgIpc) is 3.11. The number of hydrogen-bond acceptors (Lipinski definition) is 3. The summed E-state index contributed by atoms with van der Waals surface area (Å²) in [5, 5.41) is 0.975. The predicted molar refractivity (Wildman–Crippen MR) is 97.0 cm³/mol. The molecule has 2 aliphatic rings. The number of carbonyl (C=O) groups excluding carboxylic acids is 1. The van der Waals surface area contributed by atoms with Crippen molar-refractivity contribution in [3.8, 4) is 5.75 Å². The molecule has 0 bridgehead atoms. The van der Waals surface area contributed by atoms with Crippen molar-refractivity contribution < 1.29 is 9.53 Å². The minimum absolute atomic E-state index is 0.0205. The van der Waals surface area contributed by atoms with Gasteiger partial charge < -0.3 is 9.64 Å². The maximum Gasteiger partial charge on any atom is 0.263 e. The topological polar surface area (TPSA) is 32.8 Å². The molecule has 4 nitrogen and oxygen atoms in total. The van der Waals surface area contributed by atoms with E-state index in [1.54, 1.807) is 25.1 Å². The zero-order valence-electron chi connectivity index (χ0n) is 14.0. The Labute approximate surface area is 153 Å². The second-order valence-corrected chi connectivity index (χ2v) is 7.48. The third kappa shape index (κ3) is 4.16. The molecule has 1 aliphatic carbocycles. The van der Waals surface area contributed by atoms with Crippen LogP contribution in [0.4, 0.5) is 0 Å². The molecule has 1 aromatic rings. The van der Waals surface area contributed by atoms with Crippen molar-refractivity contribution in [3.05, 3.63) is 28.2 Å². The fourth-order valence-electron chi connectivity index (χ4n) is 3.65. The van der Waals surface area contributed by atoms with E-state index in [2.05, 4.69) is 4.90 Å². The molecule has 24 heavy (non-hydrogen) atoms. The lowest BCUT2D eigenvalue weighted by atomic mass is 10.1. The van der Waals surface area contributed by atoms with Gasteiger partial charge in [0.15, 0.2) is 6.10 Å². The normalized spacial score (nSPS) is 21.0. The number of rotatable bonds is 4. The van der Waals surface area contributed by atoms with Crippen LogP contribution in [0.1, 0.15) is 32.6 Å². The maximum atomic E-state index is 12.6. The van der Waals surface area contributed by atoms with Crippen LogP contribution in [0.25, 0.3) is 0 Å². The number of piperazine rings is 1. The lowest BCUT2D eigenvalue weighted by Crippen LogP contribution is -2.53. The first-order valence-corrected chi connectivity index (χ1v) is 9.45. The van der Waals surface area contributed by atoms with E-state index in [9.17, 15) is 4.79 Å². The summed E-state index contributed by atoms with van der Waals surface area (Å²) in [4.78, 5) is 17.1. The number of ether oxygens (including phenoxy) is 1. The van der Waals surface area contributed by atoms with Crippen LogP contribution in [-0.2, 0) is 4.79 Å². The number of hydrogen-bond donors (Lipinski definition) is 0. The van der Waals surface area contributed by atoms with Crippen molar-refractivity contribution in [1.29, 1.82) is 0 Å². The van der Waals surface area contributed by atoms with Gasteiger partial charge >= 0.3 is 0 Å². The molecule has 1 atom stereocenters. The molecule has 1 amide bonds. The zero-order chi connectivity index (χ0) is 17.1. The number of nitrogens with zero attached hydrogens (tertiary/aromatic N) is 2. The van der Waals surface area contributed by atoms with Crippen molar-refractivity contribution in [1.82, 2.24) is 9.80 Å². The smallest absolute Gasteiger partial charge is 0.263 e. The van der Waals surface area contributed by atoms with Crippen LogP contribution in [0.15, 0.2) is 18.2 Å². The van der Waals surface area contributed by atoms with Gasteiger partial charge in [0, 0.05) is 37.2 Å². The molecule has 3 rings (SSSR count). The van der Waals surface area contributed by atoms with Crippen molar-refractivity contribution >= 4 is 29.1 Å². The highest BCUT2D eigenvalue weighted by Gasteiger charge is 2.30. The molecule has 1 saturated heterocycles. The largest absolute Gasteiger partial charge is 0.479 e. The second kappa shape index (κ2) is 7.94. The van der Waals surface area contributed by atoms with Gasteiger partial charge in [-0.3, -0.25) is 9.69 Å². The van der Waals surface area contributed by atoms with E-state index in [1.807, 2.05) is 4.90 Å². The summed E-state index contributed by atoms with van der Waals surface area (Å²) in [6.45, 7) is 5.25. The summed E-state index contributed by atoms with van der Waals surface area (Å²) >= 11 is 12.0. The summed E-state index contributed by atoms with van der Waals surface area (Å²) in [6.07, 6.45) is 4.75. The minimum Gasteiger partial charge on any atom is -0.479 e.